The molecule has 122 valence electrons. The summed E-state index contributed by atoms with van der Waals surface area (Å²) in [7, 11) is 0. The lowest BCUT2D eigenvalue weighted by atomic mass is 10.2. The van der Waals surface area contributed by atoms with Gasteiger partial charge in [0.15, 0.2) is 0 Å². The third kappa shape index (κ3) is 4.46. The summed E-state index contributed by atoms with van der Waals surface area (Å²) in [6.45, 7) is 0. The molecule has 0 fully saturated rings. The van der Waals surface area contributed by atoms with Gasteiger partial charge in [0.2, 0.25) is 5.91 Å². The van der Waals surface area contributed by atoms with Crippen LogP contribution < -0.4 is 5.32 Å². The lowest BCUT2D eigenvalue weighted by Gasteiger charge is -2.04. The molecule has 0 atom stereocenters. The molecule has 9 heteroatoms. The van der Waals surface area contributed by atoms with Crippen molar-refractivity contribution in [2.45, 2.75) is 0 Å². The number of nitrogens with zero attached hydrogens (tertiary/aromatic N) is 2. The standard InChI is InChI=1S/C15H10BrN3O5/c16-13-7-6-12(19(23)24)9-14(13)17-15(20)8-3-10-1-4-11(5-2-10)18(21)22/h1-9H,(H,17,20)/b8-3+. The van der Waals surface area contributed by atoms with E-state index < -0.39 is 15.8 Å². The number of anilines is 1. The average Bonchev–Trinajstić information content (AvgIpc) is 2.55. The number of rotatable bonds is 5. The van der Waals surface area contributed by atoms with Crippen LogP contribution in [-0.4, -0.2) is 15.8 Å². The Morgan fingerprint density at radius 2 is 1.58 bits per heavy atom. The molecule has 0 saturated heterocycles. The van der Waals surface area contributed by atoms with Gasteiger partial charge in [-0.15, -0.1) is 0 Å². The number of nitro groups is 2. The number of benzene rings is 2. The summed E-state index contributed by atoms with van der Waals surface area (Å²) in [6.07, 6.45) is 2.71. The van der Waals surface area contributed by atoms with Gasteiger partial charge in [0, 0.05) is 34.8 Å². The Kier molecular flexibility index (Phi) is 5.38. The van der Waals surface area contributed by atoms with E-state index in [1.807, 2.05) is 0 Å². The van der Waals surface area contributed by atoms with E-state index in [0.717, 1.165) is 0 Å². The van der Waals surface area contributed by atoms with E-state index in [1.54, 1.807) is 0 Å². The lowest BCUT2D eigenvalue weighted by molar-refractivity contribution is -0.385. The Labute approximate surface area is 144 Å². The predicted octanol–water partition coefficient (Wildman–Crippen LogP) is 3.92. The van der Waals surface area contributed by atoms with E-state index >= 15 is 0 Å². The zero-order chi connectivity index (χ0) is 17.7. The Balaban J connectivity index is 2.09. The Morgan fingerprint density at radius 3 is 2.17 bits per heavy atom. The molecule has 0 aliphatic carbocycles. The van der Waals surface area contributed by atoms with Crippen LogP contribution in [0.15, 0.2) is 53.0 Å². The molecule has 0 spiro atoms. The number of halogens is 1. The Hall–Kier alpha value is -3.07. The van der Waals surface area contributed by atoms with Crippen molar-refractivity contribution < 1.29 is 14.6 Å². The van der Waals surface area contributed by atoms with E-state index in [-0.39, 0.29) is 17.1 Å². The topological polar surface area (TPSA) is 115 Å². The highest BCUT2D eigenvalue weighted by Gasteiger charge is 2.10. The van der Waals surface area contributed by atoms with Gasteiger partial charge in [-0.1, -0.05) is 0 Å². The van der Waals surface area contributed by atoms with Crippen LogP contribution >= 0.6 is 15.9 Å². The average molecular weight is 392 g/mol. The van der Waals surface area contributed by atoms with Crippen LogP contribution in [0.1, 0.15) is 5.56 Å². The molecule has 0 heterocycles. The van der Waals surface area contributed by atoms with Gasteiger partial charge in [0.25, 0.3) is 11.4 Å². The van der Waals surface area contributed by atoms with Crippen LogP contribution in [0.25, 0.3) is 6.08 Å². The fourth-order valence-corrected chi connectivity index (χ4v) is 2.12. The molecular weight excluding hydrogens is 382 g/mol. The summed E-state index contributed by atoms with van der Waals surface area (Å²) >= 11 is 3.20. The van der Waals surface area contributed by atoms with Crippen molar-refractivity contribution in [3.05, 3.63) is 78.8 Å². The van der Waals surface area contributed by atoms with E-state index in [0.29, 0.717) is 10.0 Å². The number of hydrogen-bond donors (Lipinski definition) is 1. The fraction of sp³-hybridized carbons (Fsp3) is 0. The van der Waals surface area contributed by atoms with Crippen LogP contribution in [-0.2, 0) is 4.79 Å². The number of non-ortho nitro benzene ring substituents is 2. The second kappa shape index (κ2) is 7.47. The van der Waals surface area contributed by atoms with Gasteiger partial charge >= 0.3 is 0 Å². The number of carbonyl (C=O) groups is 1. The maximum atomic E-state index is 11.9. The number of nitrogens with one attached hydrogen (secondary N) is 1. The van der Waals surface area contributed by atoms with E-state index in [9.17, 15) is 25.0 Å². The molecule has 1 amide bonds. The van der Waals surface area contributed by atoms with Crippen LogP contribution in [0.5, 0.6) is 0 Å². The van der Waals surface area contributed by atoms with E-state index in [4.69, 9.17) is 0 Å². The highest BCUT2D eigenvalue weighted by Crippen LogP contribution is 2.27. The monoisotopic (exact) mass is 391 g/mol. The van der Waals surface area contributed by atoms with Gasteiger partial charge in [-0.25, -0.2) is 0 Å². The van der Waals surface area contributed by atoms with Gasteiger partial charge < -0.3 is 5.32 Å². The first-order valence-electron chi connectivity index (χ1n) is 6.54. The molecule has 0 unspecified atom stereocenters. The summed E-state index contributed by atoms with van der Waals surface area (Å²) in [4.78, 5) is 32.1. The molecular formula is C15H10BrN3O5. The largest absolute Gasteiger partial charge is 0.321 e. The minimum absolute atomic E-state index is 0.0443. The van der Waals surface area contributed by atoms with Crippen molar-refractivity contribution in [3.63, 3.8) is 0 Å². The van der Waals surface area contributed by atoms with Crippen LogP contribution in [0.4, 0.5) is 17.1 Å². The molecule has 2 rings (SSSR count). The molecule has 0 bridgehead atoms. The molecule has 1 N–H and O–H groups in total. The first-order chi connectivity index (χ1) is 11.4. The first-order valence-corrected chi connectivity index (χ1v) is 7.33. The molecule has 8 nitrogen and oxygen atoms in total. The van der Waals surface area contributed by atoms with Crippen molar-refractivity contribution >= 4 is 45.0 Å². The number of nitro benzene ring substituents is 2. The molecule has 0 saturated carbocycles. The molecule has 2 aromatic rings. The van der Waals surface area contributed by atoms with Crippen molar-refractivity contribution in [2.75, 3.05) is 5.32 Å². The maximum Gasteiger partial charge on any atom is 0.271 e. The second-order valence-corrected chi connectivity index (χ2v) is 5.45. The molecule has 0 aliphatic rings. The fourth-order valence-electron chi connectivity index (χ4n) is 1.78. The first kappa shape index (κ1) is 17.3. The SMILES string of the molecule is O=C(/C=C/c1ccc([N+](=O)[O-])cc1)Nc1cc([N+](=O)[O-])ccc1Br. The molecule has 0 aliphatic heterocycles. The molecule has 24 heavy (non-hydrogen) atoms. The number of hydrogen-bond acceptors (Lipinski definition) is 5. The van der Waals surface area contributed by atoms with Gasteiger partial charge in [0.1, 0.15) is 0 Å². The van der Waals surface area contributed by atoms with Gasteiger partial charge in [0.05, 0.1) is 15.5 Å². The van der Waals surface area contributed by atoms with Crippen molar-refractivity contribution in [1.82, 2.24) is 0 Å². The quantitative estimate of drug-likeness (QED) is 0.471. The van der Waals surface area contributed by atoms with Gasteiger partial charge in [-0.3, -0.25) is 25.0 Å². The van der Waals surface area contributed by atoms with Crippen LogP contribution in [0, 0.1) is 20.2 Å². The minimum Gasteiger partial charge on any atom is -0.321 e. The molecule has 0 aromatic heterocycles. The summed E-state index contributed by atoms with van der Waals surface area (Å²) in [5.74, 6) is -0.491. The second-order valence-electron chi connectivity index (χ2n) is 4.59. The van der Waals surface area contributed by atoms with Crippen molar-refractivity contribution in [3.8, 4) is 0 Å². The number of amides is 1. The van der Waals surface area contributed by atoms with Crippen molar-refractivity contribution in [2.24, 2.45) is 0 Å². The van der Waals surface area contributed by atoms with Gasteiger partial charge in [-0.05, 0) is 45.8 Å². The lowest BCUT2D eigenvalue weighted by Crippen LogP contribution is -2.08. The minimum atomic E-state index is -0.561. The normalized spacial score (nSPS) is 10.5. The third-order valence-corrected chi connectivity index (χ3v) is 3.64. The summed E-state index contributed by atoms with van der Waals surface area (Å²) < 4.78 is 0.505. The third-order valence-electron chi connectivity index (χ3n) is 2.95. The van der Waals surface area contributed by atoms with E-state index in [2.05, 4.69) is 21.2 Å². The maximum absolute atomic E-state index is 11.9. The highest BCUT2D eigenvalue weighted by atomic mass is 79.9. The Bertz CT molecular complexity index is 834. The smallest absolute Gasteiger partial charge is 0.271 e. The Morgan fingerprint density at radius 1 is 1.00 bits per heavy atom. The van der Waals surface area contributed by atoms with Crippen LogP contribution in [0.3, 0.4) is 0 Å². The van der Waals surface area contributed by atoms with Crippen molar-refractivity contribution in [1.29, 1.82) is 0 Å². The molecule has 2 aromatic carbocycles. The highest BCUT2D eigenvalue weighted by molar-refractivity contribution is 9.10. The van der Waals surface area contributed by atoms with E-state index in [1.165, 1.54) is 54.6 Å². The summed E-state index contributed by atoms with van der Waals surface area (Å²) in [6, 6.07) is 9.68. The number of carbonyl (C=O) groups excluding carboxylic acids is 1. The predicted molar refractivity (Wildman–Crippen MR) is 91.6 cm³/mol. The van der Waals surface area contributed by atoms with Crippen LogP contribution in [0.2, 0.25) is 0 Å². The zero-order valence-corrected chi connectivity index (χ0v) is 13.6. The summed E-state index contributed by atoms with van der Waals surface area (Å²) in [5, 5.41) is 23.8. The van der Waals surface area contributed by atoms with Gasteiger partial charge in [-0.2, -0.15) is 0 Å². The summed E-state index contributed by atoms with van der Waals surface area (Å²) in [5.41, 5.74) is 0.682. The molecule has 0 radical (unpaired) electrons. The zero-order valence-electron chi connectivity index (χ0n) is 12.0.